The molecule has 1 fully saturated rings. The first-order valence-corrected chi connectivity index (χ1v) is 4.79. The highest BCUT2D eigenvalue weighted by molar-refractivity contribution is 6.50. The van der Waals surface area contributed by atoms with Gasteiger partial charge in [0.25, 0.3) is 11.8 Å². The van der Waals surface area contributed by atoms with Gasteiger partial charge in [-0.25, -0.2) is 4.79 Å². The molecule has 1 aromatic carbocycles. The lowest BCUT2D eigenvalue weighted by molar-refractivity contribution is -0.128. The highest BCUT2D eigenvalue weighted by Gasteiger charge is 2.40. The third-order valence-corrected chi connectivity index (χ3v) is 2.22. The molecule has 2 N–H and O–H groups in total. The van der Waals surface area contributed by atoms with Gasteiger partial charge in [0, 0.05) is 0 Å². The zero-order valence-electron chi connectivity index (χ0n) is 8.60. The Labute approximate surface area is 96.1 Å². The molecule has 1 unspecified atom stereocenters. The predicted molar refractivity (Wildman–Crippen MR) is 56.5 cm³/mol. The van der Waals surface area contributed by atoms with Crippen LogP contribution in [0.25, 0.3) is 0 Å². The Hall–Kier alpha value is -2.50. The summed E-state index contributed by atoms with van der Waals surface area (Å²) in [6.07, 6.45) is -1.45. The minimum Gasteiger partial charge on any atom is -0.442 e. The lowest BCUT2D eigenvalue weighted by Crippen LogP contribution is -2.30. The summed E-state index contributed by atoms with van der Waals surface area (Å²) in [5.74, 6) is -2.37. The SMILES string of the molecule is N=C1C(=O)NC(=O)C1OC(=O)c1ccccc1. The summed E-state index contributed by atoms with van der Waals surface area (Å²) in [6.45, 7) is 0. The number of ether oxygens (including phenoxy) is 1. The maximum Gasteiger partial charge on any atom is 0.339 e. The van der Waals surface area contributed by atoms with E-state index in [4.69, 9.17) is 10.1 Å². The van der Waals surface area contributed by atoms with Crippen molar-refractivity contribution in [2.45, 2.75) is 6.10 Å². The highest BCUT2D eigenvalue weighted by atomic mass is 16.5. The van der Waals surface area contributed by atoms with Gasteiger partial charge < -0.3 is 4.74 Å². The van der Waals surface area contributed by atoms with Gasteiger partial charge in [0.2, 0.25) is 6.10 Å². The quantitative estimate of drug-likeness (QED) is 0.549. The lowest BCUT2D eigenvalue weighted by Gasteiger charge is -2.08. The zero-order chi connectivity index (χ0) is 12.4. The van der Waals surface area contributed by atoms with Gasteiger partial charge in [0.1, 0.15) is 5.71 Å². The van der Waals surface area contributed by atoms with E-state index in [1.54, 1.807) is 18.2 Å². The summed E-state index contributed by atoms with van der Waals surface area (Å²) in [4.78, 5) is 33.8. The Bertz CT molecular complexity index is 509. The Morgan fingerprint density at radius 3 is 2.41 bits per heavy atom. The largest absolute Gasteiger partial charge is 0.442 e. The van der Waals surface area contributed by atoms with Crippen LogP contribution in [0.4, 0.5) is 0 Å². The van der Waals surface area contributed by atoms with Crippen molar-refractivity contribution in [1.29, 1.82) is 5.41 Å². The average Bonchev–Trinajstić information content (AvgIpc) is 2.57. The maximum atomic E-state index is 11.6. The number of carbonyl (C=O) groups is 3. The maximum absolute atomic E-state index is 11.6. The van der Waals surface area contributed by atoms with Gasteiger partial charge in [0.05, 0.1) is 5.56 Å². The van der Waals surface area contributed by atoms with E-state index in [9.17, 15) is 14.4 Å². The van der Waals surface area contributed by atoms with Crippen molar-refractivity contribution in [1.82, 2.24) is 5.32 Å². The van der Waals surface area contributed by atoms with E-state index >= 15 is 0 Å². The molecule has 0 bridgehead atoms. The Kier molecular flexibility index (Phi) is 2.70. The molecule has 0 spiro atoms. The van der Waals surface area contributed by atoms with Crippen LogP contribution in [0.15, 0.2) is 30.3 Å². The van der Waals surface area contributed by atoms with Crippen molar-refractivity contribution in [2.24, 2.45) is 0 Å². The minimum atomic E-state index is -1.45. The van der Waals surface area contributed by atoms with Crippen LogP contribution in [-0.2, 0) is 14.3 Å². The second kappa shape index (κ2) is 4.17. The number of benzene rings is 1. The van der Waals surface area contributed by atoms with Crippen LogP contribution in [0.1, 0.15) is 10.4 Å². The number of nitrogens with one attached hydrogen (secondary N) is 2. The van der Waals surface area contributed by atoms with Gasteiger partial charge in [-0.2, -0.15) is 0 Å². The molecule has 0 aliphatic carbocycles. The summed E-state index contributed by atoms with van der Waals surface area (Å²) in [7, 11) is 0. The van der Waals surface area contributed by atoms with Crippen LogP contribution >= 0.6 is 0 Å². The van der Waals surface area contributed by atoms with Crippen LogP contribution in [0.2, 0.25) is 0 Å². The van der Waals surface area contributed by atoms with E-state index in [1.807, 2.05) is 5.32 Å². The van der Waals surface area contributed by atoms with Gasteiger partial charge in [-0.05, 0) is 12.1 Å². The van der Waals surface area contributed by atoms with Crippen LogP contribution < -0.4 is 5.32 Å². The van der Waals surface area contributed by atoms with Crippen molar-refractivity contribution in [3.8, 4) is 0 Å². The molecule has 0 aromatic heterocycles. The number of hydrogen-bond acceptors (Lipinski definition) is 5. The molecule has 2 amide bonds. The second-order valence-electron chi connectivity index (χ2n) is 3.38. The molecule has 1 heterocycles. The summed E-state index contributed by atoms with van der Waals surface area (Å²) < 4.78 is 4.80. The molecule has 0 saturated carbocycles. The van der Waals surface area contributed by atoms with E-state index < -0.39 is 29.6 Å². The molecule has 17 heavy (non-hydrogen) atoms. The zero-order valence-corrected chi connectivity index (χ0v) is 8.60. The monoisotopic (exact) mass is 232 g/mol. The predicted octanol–water partition coefficient (Wildman–Crippen LogP) is -0.112. The van der Waals surface area contributed by atoms with Gasteiger partial charge in [-0.3, -0.25) is 20.3 Å². The Morgan fingerprint density at radius 1 is 1.24 bits per heavy atom. The number of esters is 1. The fraction of sp³-hybridized carbons (Fsp3) is 0.0909. The third kappa shape index (κ3) is 2.05. The number of carbonyl (C=O) groups excluding carboxylic acids is 3. The van der Waals surface area contributed by atoms with Crippen LogP contribution in [0, 0.1) is 5.41 Å². The van der Waals surface area contributed by atoms with Crippen molar-refractivity contribution in [2.75, 3.05) is 0 Å². The molecule has 1 aromatic rings. The molecule has 0 radical (unpaired) electrons. The Morgan fingerprint density at radius 2 is 1.88 bits per heavy atom. The van der Waals surface area contributed by atoms with Crippen molar-refractivity contribution >= 4 is 23.5 Å². The van der Waals surface area contributed by atoms with Crippen molar-refractivity contribution in [3.63, 3.8) is 0 Å². The smallest absolute Gasteiger partial charge is 0.339 e. The van der Waals surface area contributed by atoms with E-state index in [2.05, 4.69) is 0 Å². The van der Waals surface area contributed by atoms with Crippen molar-refractivity contribution in [3.05, 3.63) is 35.9 Å². The number of hydrogen-bond donors (Lipinski definition) is 2. The van der Waals surface area contributed by atoms with E-state index in [-0.39, 0.29) is 5.56 Å². The standard InChI is InChI=1S/C11H8N2O4/c12-7-8(10(15)13-9(7)14)17-11(16)6-4-2-1-3-5-6/h1-5,8,12H,(H,13,14,15). The molecule has 1 aliphatic rings. The van der Waals surface area contributed by atoms with E-state index in [0.29, 0.717) is 0 Å². The molecular formula is C11H8N2O4. The second-order valence-corrected chi connectivity index (χ2v) is 3.38. The topological polar surface area (TPSA) is 96.3 Å². The van der Waals surface area contributed by atoms with Crippen LogP contribution in [0.5, 0.6) is 0 Å². The average molecular weight is 232 g/mol. The Balaban J connectivity index is 2.12. The van der Waals surface area contributed by atoms with Crippen LogP contribution in [0.3, 0.4) is 0 Å². The summed E-state index contributed by atoms with van der Waals surface area (Å²) in [5, 5.41) is 9.18. The number of amides is 2. The van der Waals surface area contributed by atoms with Crippen molar-refractivity contribution < 1.29 is 19.1 Å². The third-order valence-electron chi connectivity index (χ3n) is 2.22. The normalized spacial score (nSPS) is 19.1. The minimum absolute atomic E-state index is 0.257. The van der Waals surface area contributed by atoms with E-state index in [1.165, 1.54) is 12.1 Å². The van der Waals surface area contributed by atoms with Gasteiger partial charge in [0.15, 0.2) is 0 Å². The molecule has 86 valence electrons. The molecule has 2 rings (SSSR count). The number of imide groups is 1. The first-order valence-electron chi connectivity index (χ1n) is 4.79. The summed E-state index contributed by atoms with van der Waals surface area (Å²) >= 11 is 0. The molecular weight excluding hydrogens is 224 g/mol. The molecule has 6 nitrogen and oxygen atoms in total. The molecule has 6 heteroatoms. The van der Waals surface area contributed by atoms with Gasteiger partial charge in [-0.1, -0.05) is 18.2 Å². The molecule has 1 atom stereocenters. The van der Waals surface area contributed by atoms with E-state index in [0.717, 1.165) is 0 Å². The van der Waals surface area contributed by atoms with Crippen LogP contribution in [-0.4, -0.2) is 29.6 Å². The van der Waals surface area contributed by atoms with Gasteiger partial charge >= 0.3 is 5.97 Å². The fourth-order valence-corrected chi connectivity index (χ4v) is 1.36. The van der Waals surface area contributed by atoms with Gasteiger partial charge in [-0.15, -0.1) is 0 Å². The molecule has 1 aliphatic heterocycles. The first-order chi connectivity index (χ1) is 8.09. The fourth-order valence-electron chi connectivity index (χ4n) is 1.36. The summed E-state index contributed by atoms with van der Waals surface area (Å²) in [5.41, 5.74) is -0.299. The first kappa shape index (κ1) is 11.0. The number of rotatable bonds is 2. The summed E-state index contributed by atoms with van der Waals surface area (Å²) in [6, 6.07) is 8.04. The molecule has 1 saturated heterocycles. The highest BCUT2D eigenvalue weighted by Crippen LogP contribution is 2.08. The lowest BCUT2D eigenvalue weighted by atomic mass is 10.2.